The number of aryl methyl sites for hydroxylation is 2. The van der Waals surface area contributed by atoms with Crippen molar-refractivity contribution in [3.8, 4) is 45.6 Å². The second-order valence-corrected chi connectivity index (χ2v) is 9.06. The van der Waals surface area contributed by atoms with E-state index in [9.17, 15) is 40.2 Å². The molecule has 4 aromatic carbocycles. The van der Waals surface area contributed by atoms with E-state index in [0.29, 0.717) is 0 Å². The van der Waals surface area contributed by atoms with Crippen LogP contribution in [0.15, 0.2) is 54.8 Å². The van der Waals surface area contributed by atoms with Gasteiger partial charge in [-0.25, -0.2) is 0 Å². The van der Waals surface area contributed by atoms with Crippen LogP contribution < -0.4 is 10.9 Å². The van der Waals surface area contributed by atoms with Crippen molar-refractivity contribution in [1.82, 2.24) is 0 Å². The average molecular weight is 514 g/mol. The molecule has 0 saturated carbocycles. The highest BCUT2D eigenvalue weighted by atomic mass is 16.3. The van der Waals surface area contributed by atoms with Gasteiger partial charge in [-0.05, 0) is 37.4 Å². The third kappa shape index (κ3) is 3.00. The largest absolute Gasteiger partial charge is 0.508 e. The van der Waals surface area contributed by atoms with Crippen LogP contribution in [0.2, 0.25) is 0 Å². The standard InChI is InChI=1S/C28H18O10/c1-9-3-14(30)24-19(37-9)7-13-22(16(32)8-17(33)23(13)28(24)36)20-10(2)38-18-5-11-4-12(29)6-15(31)21(11)27(35)25(18)26(20)34/h3-8,29,31-33,35-36H,1-2H3. The zero-order valence-corrected chi connectivity index (χ0v) is 19.8. The maximum absolute atomic E-state index is 13.9. The Labute approximate surface area is 211 Å². The molecule has 0 unspecified atom stereocenters. The molecule has 10 nitrogen and oxygen atoms in total. The Balaban J connectivity index is 1.82. The van der Waals surface area contributed by atoms with Crippen LogP contribution >= 0.6 is 0 Å². The molecule has 0 fully saturated rings. The van der Waals surface area contributed by atoms with Crippen molar-refractivity contribution in [3.05, 3.63) is 68.4 Å². The zero-order valence-electron chi connectivity index (χ0n) is 19.8. The van der Waals surface area contributed by atoms with Gasteiger partial charge in [0.05, 0.1) is 16.3 Å². The lowest BCUT2D eigenvalue weighted by atomic mass is 9.92. The molecule has 0 bridgehead atoms. The van der Waals surface area contributed by atoms with Crippen LogP contribution in [0, 0.1) is 13.8 Å². The van der Waals surface area contributed by atoms with Crippen LogP contribution in [0.3, 0.4) is 0 Å². The number of aromatic hydroxyl groups is 6. The van der Waals surface area contributed by atoms with Gasteiger partial charge in [0.15, 0.2) is 5.43 Å². The van der Waals surface area contributed by atoms with Crippen molar-refractivity contribution in [2.45, 2.75) is 13.8 Å². The second kappa shape index (κ2) is 7.56. The third-order valence-electron chi connectivity index (χ3n) is 6.63. The minimum Gasteiger partial charge on any atom is -0.508 e. The number of fused-ring (bicyclic) bond motifs is 4. The SMILES string of the molecule is Cc1cc(=O)c2c(O)c3c(O)cc(O)c(-c4c(C)oc5cc6cc(O)cc(O)c6c(O)c5c4=O)c3cc2o1. The molecular weight excluding hydrogens is 496 g/mol. The lowest BCUT2D eigenvalue weighted by molar-refractivity contribution is 0.448. The first kappa shape index (κ1) is 23.0. The number of rotatable bonds is 1. The molecule has 10 heteroatoms. The zero-order chi connectivity index (χ0) is 27.2. The van der Waals surface area contributed by atoms with Crippen LogP contribution in [-0.2, 0) is 0 Å². The Kier molecular flexibility index (Phi) is 4.58. The van der Waals surface area contributed by atoms with Crippen molar-refractivity contribution in [2.24, 2.45) is 0 Å². The van der Waals surface area contributed by atoms with Gasteiger partial charge in [0, 0.05) is 29.1 Å². The number of phenols is 6. The van der Waals surface area contributed by atoms with E-state index in [0.717, 1.165) is 12.1 Å². The summed E-state index contributed by atoms with van der Waals surface area (Å²) in [5.74, 6) is -2.80. The Morgan fingerprint density at radius 2 is 1.26 bits per heavy atom. The van der Waals surface area contributed by atoms with Gasteiger partial charge in [0.1, 0.15) is 68.0 Å². The number of hydrogen-bond donors (Lipinski definition) is 6. The Bertz CT molecular complexity index is 2150. The molecule has 0 spiro atoms. The first-order valence-electron chi connectivity index (χ1n) is 11.3. The maximum atomic E-state index is 13.9. The molecule has 0 saturated heterocycles. The molecular formula is C28H18O10. The quantitative estimate of drug-likeness (QED) is 0.168. The summed E-state index contributed by atoms with van der Waals surface area (Å²) in [4.78, 5) is 26.4. The topological polar surface area (TPSA) is 182 Å². The number of benzene rings is 4. The fraction of sp³-hybridized carbons (Fsp3) is 0.0714. The molecule has 6 rings (SSSR count). The predicted molar refractivity (Wildman–Crippen MR) is 138 cm³/mol. The van der Waals surface area contributed by atoms with Gasteiger partial charge >= 0.3 is 0 Å². The van der Waals surface area contributed by atoms with Crippen LogP contribution in [0.1, 0.15) is 11.5 Å². The molecule has 6 N–H and O–H groups in total. The van der Waals surface area contributed by atoms with E-state index in [-0.39, 0.29) is 71.9 Å². The first-order chi connectivity index (χ1) is 18.0. The van der Waals surface area contributed by atoms with Crippen LogP contribution in [0.5, 0.6) is 34.5 Å². The Morgan fingerprint density at radius 3 is 2.00 bits per heavy atom. The lowest BCUT2D eigenvalue weighted by Crippen LogP contribution is -2.09. The molecule has 0 aliphatic rings. The van der Waals surface area contributed by atoms with Gasteiger partial charge in [-0.3, -0.25) is 9.59 Å². The summed E-state index contributed by atoms with van der Waals surface area (Å²) < 4.78 is 11.5. The second-order valence-electron chi connectivity index (χ2n) is 9.06. The molecule has 190 valence electrons. The normalized spacial score (nSPS) is 11.7. The summed E-state index contributed by atoms with van der Waals surface area (Å²) in [6, 6.07) is 7.06. The summed E-state index contributed by atoms with van der Waals surface area (Å²) in [5, 5.41) is 63.0. The van der Waals surface area contributed by atoms with Gasteiger partial charge in [-0.15, -0.1) is 0 Å². The van der Waals surface area contributed by atoms with Gasteiger partial charge in [0.25, 0.3) is 0 Å². The number of hydrogen-bond acceptors (Lipinski definition) is 10. The van der Waals surface area contributed by atoms with Crippen LogP contribution in [0.25, 0.3) is 54.6 Å². The summed E-state index contributed by atoms with van der Waals surface area (Å²) >= 11 is 0. The Morgan fingerprint density at radius 1 is 0.605 bits per heavy atom. The molecule has 0 atom stereocenters. The summed E-state index contributed by atoms with van der Waals surface area (Å²) in [5.41, 5.74) is -1.80. The van der Waals surface area contributed by atoms with Crippen molar-refractivity contribution in [3.63, 3.8) is 0 Å². The van der Waals surface area contributed by atoms with E-state index < -0.39 is 39.6 Å². The molecule has 6 aromatic rings. The smallest absolute Gasteiger partial charge is 0.204 e. The highest BCUT2D eigenvalue weighted by molar-refractivity contribution is 6.14. The molecule has 2 aromatic heterocycles. The van der Waals surface area contributed by atoms with Gasteiger partial charge < -0.3 is 39.5 Å². The van der Waals surface area contributed by atoms with Crippen molar-refractivity contribution in [2.75, 3.05) is 0 Å². The summed E-state index contributed by atoms with van der Waals surface area (Å²) in [6.45, 7) is 2.98. The third-order valence-corrected chi connectivity index (χ3v) is 6.63. The maximum Gasteiger partial charge on any atom is 0.204 e. The highest BCUT2D eigenvalue weighted by Gasteiger charge is 2.26. The monoisotopic (exact) mass is 514 g/mol. The molecule has 0 radical (unpaired) electrons. The van der Waals surface area contributed by atoms with E-state index in [1.165, 1.54) is 38.1 Å². The van der Waals surface area contributed by atoms with E-state index >= 15 is 0 Å². The minimum absolute atomic E-state index is 0.0122. The minimum atomic E-state index is -0.789. The highest BCUT2D eigenvalue weighted by Crippen LogP contribution is 2.48. The van der Waals surface area contributed by atoms with Crippen molar-refractivity contribution >= 4 is 43.5 Å². The van der Waals surface area contributed by atoms with E-state index in [2.05, 4.69) is 0 Å². The van der Waals surface area contributed by atoms with Crippen LogP contribution in [-0.4, -0.2) is 30.6 Å². The molecule has 0 aliphatic heterocycles. The fourth-order valence-corrected chi connectivity index (χ4v) is 5.10. The molecule has 38 heavy (non-hydrogen) atoms. The number of phenolic OH excluding ortho intramolecular Hbond substituents is 6. The molecule has 2 heterocycles. The van der Waals surface area contributed by atoms with Gasteiger partial charge in [-0.1, -0.05) is 0 Å². The van der Waals surface area contributed by atoms with Gasteiger partial charge in [-0.2, -0.15) is 0 Å². The van der Waals surface area contributed by atoms with E-state index in [1.54, 1.807) is 0 Å². The molecule has 0 aliphatic carbocycles. The van der Waals surface area contributed by atoms with Crippen molar-refractivity contribution < 1.29 is 39.5 Å². The van der Waals surface area contributed by atoms with Crippen LogP contribution in [0.4, 0.5) is 0 Å². The van der Waals surface area contributed by atoms with E-state index in [1.807, 2.05) is 0 Å². The fourth-order valence-electron chi connectivity index (χ4n) is 5.10. The van der Waals surface area contributed by atoms with Crippen molar-refractivity contribution in [1.29, 1.82) is 0 Å². The lowest BCUT2D eigenvalue weighted by Gasteiger charge is -2.16. The predicted octanol–water partition coefficient (Wildman–Crippen LogP) is 4.72. The van der Waals surface area contributed by atoms with E-state index in [4.69, 9.17) is 8.83 Å². The summed E-state index contributed by atoms with van der Waals surface area (Å²) in [7, 11) is 0. The molecule has 0 amide bonds. The Hall–Kier alpha value is -5.38. The van der Waals surface area contributed by atoms with Gasteiger partial charge in [0.2, 0.25) is 5.43 Å². The summed E-state index contributed by atoms with van der Waals surface area (Å²) in [6.07, 6.45) is 0. The average Bonchev–Trinajstić information content (AvgIpc) is 2.79. The first-order valence-corrected chi connectivity index (χ1v) is 11.3.